The monoisotopic (exact) mass is 403 g/mol. The van der Waals surface area contributed by atoms with Gasteiger partial charge in [-0.1, -0.05) is 60.1 Å². The van der Waals surface area contributed by atoms with Gasteiger partial charge in [-0.3, -0.25) is 14.5 Å². The summed E-state index contributed by atoms with van der Waals surface area (Å²) in [5, 5.41) is 3.21. The summed E-state index contributed by atoms with van der Waals surface area (Å²) in [5.74, 6) is 0.973. The lowest BCUT2D eigenvalue weighted by Crippen LogP contribution is -2.41. The van der Waals surface area contributed by atoms with Gasteiger partial charge in [0.05, 0.1) is 11.4 Å². The summed E-state index contributed by atoms with van der Waals surface area (Å²) in [4.78, 5) is 27.3. The van der Waals surface area contributed by atoms with E-state index in [1.54, 1.807) is 72.8 Å². The van der Waals surface area contributed by atoms with E-state index in [4.69, 9.17) is 23.8 Å². The third-order valence-corrected chi connectivity index (χ3v) is 4.50. The SMILES string of the molecule is C#CC(=O)N(c1cccc(Cl)c1)C(C(=O)Nc1ccccc1N)c1ccccc1. The van der Waals surface area contributed by atoms with E-state index in [9.17, 15) is 9.59 Å². The molecule has 3 aromatic carbocycles. The van der Waals surface area contributed by atoms with Crippen molar-refractivity contribution in [2.75, 3.05) is 16.0 Å². The van der Waals surface area contributed by atoms with Crippen molar-refractivity contribution in [2.45, 2.75) is 6.04 Å². The van der Waals surface area contributed by atoms with Crippen LogP contribution in [0.4, 0.5) is 17.1 Å². The number of halogens is 1. The molecule has 3 aromatic rings. The van der Waals surface area contributed by atoms with E-state index in [1.807, 2.05) is 6.07 Å². The summed E-state index contributed by atoms with van der Waals surface area (Å²) in [6.07, 6.45) is 5.42. The number of para-hydroxylation sites is 2. The molecule has 0 saturated heterocycles. The molecule has 0 aromatic heterocycles. The van der Waals surface area contributed by atoms with Crippen molar-refractivity contribution in [3.63, 3.8) is 0 Å². The van der Waals surface area contributed by atoms with Crippen molar-refractivity contribution >= 4 is 40.5 Å². The topological polar surface area (TPSA) is 75.4 Å². The third kappa shape index (κ3) is 4.57. The first-order chi connectivity index (χ1) is 14.0. The van der Waals surface area contributed by atoms with Crippen molar-refractivity contribution in [3.8, 4) is 12.3 Å². The van der Waals surface area contributed by atoms with E-state index in [0.717, 1.165) is 0 Å². The van der Waals surface area contributed by atoms with Crippen LogP contribution in [0.1, 0.15) is 11.6 Å². The van der Waals surface area contributed by atoms with Crippen LogP contribution in [0, 0.1) is 12.3 Å². The molecule has 0 radical (unpaired) electrons. The largest absolute Gasteiger partial charge is 0.397 e. The average molecular weight is 404 g/mol. The first-order valence-corrected chi connectivity index (χ1v) is 9.14. The van der Waals surface area contributed by atoms with Crippen molar-refractivity contribution in [3.05, 3.63) is 89.4 Å². The maximum absolute atomic E-state index is 13.3. The Bertz CT molecular complexity index is 1080. The molecule has 0 saturated carbocycles. The van der Waals surface area contributed by atoms with Gasteiger partial charge in [0.25, 0.3) is 5.91 Å². The molecular weight excluding hydrogens is 386 g/mol. The molecule has 3 N–H and O–H groups in total. The minimum atomic E-state index is -1.03. The minimum Gasteiger partial charge on any atom is -0.397 e. The lowest BCUT2D eigenvalue weighted by atomic mass is 10.0. The summed E-state index contributed by atoms with van der Waals surface area (Å²) in [7, 11) is 0. The number of rotatable bonds is 5. The van der Waals surface area contributed by atoms with Gasteiger partial charge in [0.1, 0.15) is 6.04 Å². The van der Waals surface area contributed by atoms with E-state index in [1.165, 1.54) is 4.90 Å². The van der Waals surface area contributed by atoms with Gasteiger partial charge >= 0.3 is 5.91 Å². The fourth-order valence-electron chi connectivity index (χ4n) is 2.94. The highest BCUT2D eigenvalue weighted by molar-refractivity contribution is 6.31. The molecule has 0 aliphatic carbocycles. The van der Waals surface area contributed by atoms with Crippen LogP contribution in [0.25, 0.3) is 0 Å². The molecule has 5 nitrogen and oxygen atoms in total. The Morgan fingerprint density at radius 3 is 2.34 bits per heavy atom. The van der Waals surface area contributed by atoms with Crippen LogP contribution in [-0.2, 0) is 9.59 Å². The minimum absolute atomic E-state index is 0.408. The Labute approximate surface area is 174 Å². The van der Waals surface area contributed by atoms with E-state index < -0.39 is 17.9 Å². The predicted octanol–water partition coefficient (Wildman–Crippen LogP) is 4.27. The van der Waals surface area contributed by atoms with Crippen molar-refractivity contribution in [1.82, 2.24) is 0 Å². The molecule has 0 bridgehead atoms. The molecule has 3 rings (SSSR count). The van der Waals surface area contributed by atoms with E-state index in [-0.39, 0.29) is 0 Å². The zero-order valence-corrected chi connectivity index (χ0v) is 16.1. The maximum Gasteiger partial charge on any atom is 0.303 e. The van der Waals surface area contributed by atoms with Gasteiger partial charge < -0.3 is 11.1 Å². The molecule has 144 valence electrons. The molecule has 2 amide bonds. The number of terminal acetylenes is 1. The summed E-state index contributed by atoms with van der Waals surface area (Å²) in [6, 6.07) is 21.3. The Kier molecular flexibility index (Phi) is 6.18. The van der Waals surface area contributed by atoms with Gasteiger partial charge in [-0.05, 0) is 41.8 Å². The van der Waals surface area contributed by atoms with Gasteiger partial charge in [-0.25, -0.2) is 0 Å². The lowest BCUT2D eigenvalue weighted by molar-refractivity contribution is -0.121. The zero-order valence-electron chi connectivity index (χ0n) is 15.4. The number of nitrogen functional groups attached to an aromatic ring is 1. The zero-order chi connectivity index (χ0) is 20.8. The predicted molar refractivity (Wildman–Crippen MR) is 116 cm³/mol. The van der Waals surface area contributed by atoms with Crippen LogP contribution in [0.3, 0.4) is 0 Å². The van der Waals surface area contributed by atoms with Crippen LogP contribution in [0.2, 0.25) is 5.02 Å². The second-order valence-corrected chi connectivity index (χ2v) is 6.63. The molecule has 0 aliphatic heterocycles. The number of amides is 2. The van der Waals surface area contributed by atoms with Gasteiger partial charge in [0.2, 0.25) is 0 Å². The second kappa shape index (κ2) is 8.96. The maximum atomic E-state index is 13.3. The first-order valence-electron chi connectivity index (χ1n) is 8.77. The van der Waals surface area contributed by atoms with Crippen LogP contribution < -0.4 is 16.0 Å². The molecule has 0 spiro atoms. The summed E-state index contributed by atoms with van der Waals surface area (Å²) < 4.78 is 0. The molecule has 0 aliphatic rings. The molecular formula is C23H18ClN3O2. The normalized spacial score (nSPS) is 11.2. The van der Waals surface area contributed by atoms with Crippen LogP contribution >= 0.6 is 11.6 Å². The Morgan fingerprint density at radius 1 is 1.00 bits per heavy atom. The third-order valence-electron chi connectivity index (χ3n) is 4.27. The molecule has 1 atom stereocenters. The smallest absolute Gasteiger partial charge is 0.303 e. The van der Waals surface area contributed by atoms with Crippen LogP contribution in [-0.4, -0.2) is 11.8 Å². The van der Waals surface area contributed by atoms with E-state index >= 15 is 0 Å². The molecule has 29 heavy (non-hydrogen) atoms. The first kappa shape index (κ1) is 20.0. The highest BCUT2D eigenvalue weighted by Crippen LogP contribution is 2.31. The van der Waals surface area contributed by atoms with Crippen molar-refractivity contribution < 1.29 is 9.59 Å². The Morgan fingerprint density at radius 2 is 1.69 bits per heavy atom. The van der Waals surface area contributed by atoms with Crippen LogP contribution in [0.15, 0.2) is 78.9 Å². The van der Waals surface area contributed by atoms with Crippen molar-refractivity contribution in [2.24, 2.45) is 0 Å². The van der Waals surface area contributed by atoms with Crippen molar-refractivity contribution in [1.29, 1.82) is 0 Å². The number of hydrogen-bond donors (Lipinski definition) is 2. The molecule has 6 heteroatoms. The fraction of sp³-hybridized carbons (Fsp3) is 0.0435. The number of nitrogens with one attached hydrogen (secondary N) is 1. The summed E-state index contributed by atoms with van der Waals surface area (Å²) >= 11 is 6.11. The van der Waals surface area contributed by atoms with Crippen LogP contribution in [0.5, 0.6) is 0 Å². The number of nitrogens with two attached hydrogens (primary N) is 1. The number of benzene rings is 3. The Hall–Kier alpha value is -3.75. The number of anilines is 3. The second-order valence-electron chi connectivity index (χ2n) is 6.19. The molecule has 0 fully saturated rings. The standard InChI is InChI=1S/C23H18ClN3O2/c1-2-21(28)27(18-12-8-11-17(24)15-18)22(16-9-4-3-5-10-16)23(29)26-20-14-7-6-13-19(20)25/h1,3-15,22H,25H2,(H,26,29). The fourth-order valence-corrected chi connectivity index (χ4v) is 3.13. The van der Waals surface area contributed by atoms with Gasteiger partial charge in [0, 0.05) is 10.7 Å². The lowest BCUT2D eigenvalue weighted by Gasteiger charge is -2.30. The average Bonchev–Trinajstić information content (AvgIpc) is 2.73. The number of carbonyl (C=O) groups excluding carboxylic acids is 2. The van der Waals surface area contributed by atoms with E-state index in [0.29, 0.717) is 27.6 Å². The number of nitrogens with zero attached hydrogens (tertiary/aromatic N) is 1. The van der Waals surface area contributed by atoms with Gasteiger partial charge in [0.15, 0.2) is 0 Å². The summed E-state index contributed by atoms with van der Waals surface area (Å²) in [6.45, 7) is 0. The quantitative estimate of drug-likeness (QED) is 0.493. The molecule has 0 heterocycles. The number of carbonyl (C=O) groups is 2. The highest BCUT2D eigenvalue weighted by atomic mass is 35.5. The number of hydrogen-bond acceptors (Lipinski definition) is 3. The van der Waals surface area contributed by atoms with E-state index in [2.05, 4.69) is 11.2 Å². The summed E-state index contributed by atoms with van der Waals surface area (Å²) in [5.41, 5.74) is 7.80. The van der Waals surface area contributed by atoms with Gasteiger partial charge in [-0.2, -0.15) is 0 Å². The highest BCUT2D eigenvalue weighted by Gasteiger charge is 2.32. The molecule has 1 unspecified atom stereocenters. The Balaban J connectivity index is 2.10. The van der Waals surface area contributed by atoms with Gasteiger partial charge in [-0.15, -0.1) is 6.42 Å².